The van der Waals surface area contributed by atoms with Crippen LogP contribution in [0.5, 0.6) is 0 Å². The van der Waals surface area contributed by atoms with E-state index < -0.39 is 0 Å². The van der Waals surface area contributed by atoms with Crippen LogP contribution >= 0.6 is 0 Å². The third kappa shape index (κ3) is 2.31. The molecule has 0 aliphatic rings. The fourth-order valence-electron chi connectivity index (χ4n) is 2.61. The van der Waals surface area contributed by atoms with Gasteiger partial charge in [-0.2, -0.15) is 4.98 Å². The summed E-state index contributed by atoms with van der Waals surface area (Å²) in [6.07, 6.45) is 3.48. The van der Waals surface area contributed by atoms with Gasteiger partial charge < -0.3 is 4.42 Å². The lowest BCUT2D eigenvalue weighted by atomic mass is 9.94. The third-order valence-electron chi connectivity index (χ3n) is 4.07. The number of hydrogen-bond acceptors (Lipinski definition) is 4. The van der Waals surface area contributed by atoms with Gasteiger partial charge in [0.15, 0.2) is 11.2 Å². The van der Waals surface area contributed by atoms with E-state index in [1.165, 1.54) is 9.13 Å². The molecule has 0 bridgehead atoms. The van der Waals surface area contributed by atoms with Crippen molar-refractivity contribution < 1.29 is 4.42 Å². The summed E-state index contributed by atoms with van der Waals surface area (Å²) in [6, 6.07) is 0. The Hall–Kier alpha value is -2.31. The summed E-state index contributed by atoms with van der Waals surface area (Å²) in [5.74, 6) is 1.08. The molecule has 0 fully saturated rings. The highest BCUT2D eigenvalue weighted by Gasteiger charge is 2.24. The first-order valence-corrected chi connectivity index (χ1v) is 7.87. The zero-order valence-corrected chi connectivity index (χ0v) is 14.2. The van der Waals surface area contributed by atoms with Gasteiger partial charge in [-0.3, -0.25) is 18.3 Å². The van der Waals surface area contributed by atoms with Crippen molar-refractivity contribution in [3.63, 3.8) is 0 Å². The van der Waals surface area contributed by atoms with E-state index in [0.29, 0.717) is 23.6 Å². The summed E-state index contributed by atoms with van der Waals surface area (Å²) in [5.41, 5.74) is -0.1000. The van der Waals surface area contributed by atoms with Gasteiger partial charge >= 0.3 is 11.5 Å². The quantitative estimate of drug-likeness (QED) is 0.740. The molecule has 0 spiro atoms. The van der Waals surface area contributed by atoms with Gasteiger partial charge in [-0.25, -0.2) is 4.79 Å². The van der Waals surface area contributed by atoms with E-state index in [-0.39, 0.29) is 16.7 Å². The molecule has 3 aromatic rings. The number of oxazole rings is 1. The minimum absolute atomic E-state index is 0.186. The lowest BCUT2D eigenvalue weighted by Gasteiger charge is -2.13. The number of aryl methyl sites for hydroxylation is 1. The molecule has 0 radical (unpaired) electrons. The molecule has 7 nitrogen and oxygen atoms in total. The van der Waals surface area contributed by atoms with Crippen LogP contribution in [0.25, 0.3) is 17.0 Å². The molecule has 3 aromatic heterocycles. The van der Waals surface area contributed by atoms with Crippen molar-refractivity contribution in [3.8, 4) is 0 Å². The SMILES string of the molecule is CCCCn1c(=O)c2c(nc3oc(C(C)(C)C)cn32)n(C)c1=O. The van der Waals surface area contributed by atoms with Crippen LogP contribution < -0.4 is 11.2 Å². The highest BCUT2D eigenvalue weighted by molar-refractivity contribution is 5.74. The van der Waals surface area contributed by atoms with Crippen molar-refractivity contribution in [2.75, 3.05) is 0 Å². The molecule has 0 N–H and O–H groups in total. The summed E-state index contributed by atoms with van der Waals surface area (Å²) >= 11 is 0. The second-order valence-corrected chi connectivity index (χ2v) is 6.93. The van der Waals surface area contributed by atoms with E-state index in [0.717, 1.165) is 18.6 Å². The minimum Gasteiger partial charge on any atom is -0.428 e. The Morgan fingerprint density at radius 1 is 1.26 bits per heavy atom. The van der Waals surface area contributed by atoms with Gasteiger partial charge in [0.2, 0.25) is 0 Å². The monoisotopic (exact) mass is 318 g/mol. The number of imidazole rings is 1. The second kappa shape index (κ2) is 5.11. The second-order valence-electron chi connectivity index (χ2n) is 6.93. The Morgan fingerprint density at radius 2 is 1.96 bits per heavy atom. The number of rotatable bonds is 3. The van der Waals surface area contributed by atoms with E-state index >= 15 is 0 Å². The first kappa shape index (κ1) is 15.6. The third-order valence-corrected chi connectivity index (χ3v) is 4.07. The normalized spacial score (nSPS) is 12.6. The Morgan fingerprint density at radius 3 is 2.57 bits per heavy atom. The van der Waals surface area contributed by atoms with Crippen molar-refractivity contribution in [2.24, 2.45) is 7.05 Å². The van der Waals surface area contributed by atoms with Gasteiger partial charge in [0.05, 0.1) is 6.20 Å². The van der Waals surface area contributed by atoms with Crippen LogP contribution in [0.4, 0.5) is 0 Å². The molecule has 0 amide bonds. The Bertz CT molecular complexity index is 995. The van der Waals surface area contributed by atoms with E-state index in [9.17, 15) is 9.59 Å². The van der Waals surface area contributed by atoms with Crippen LogP contribution in [0.1, 0.15) is 46.3 Å². The molecular formula is C16H22N4O3. The average molecular weight is 318 g/mol. The Labute approximate surface area is 133 Å². The van der Waals surface area contributed by atoms with Gasteiger partial charge in [0.25, 0.3) is 5.56 Å². The standard InChI is InChI=1S/C16H22N4O3/c1-6-7-8-19-13(21)11-12(18(5)15(19)22)17-14-20(11)9-10(23-14)16(2,3)4/h9H,6-8H2,1-5H3. The topological polar surface area (TPSA) is 74.4 Å². The zero-order chi connectivity index (χ0) is 16.9. The lowest BCUT2D eigenvalue weighted by molar-refractivity contribution is 0.425. The highest BCUT2D eigenvalue weighted by Crippen LogP contribution is 2.26. The van der Waals surface area contributed by atoms with Crippen molar-refractivity contribution in [2.45, 2.75) is 52.5 Å². The van der Waals surface area contributed by atoms with E-state index in [4.69, 9.17) is 4.42 Å². The van der Waals surface area contributed by atoms with Crippen LogP contribution in [0.15, 0.2) is 20.2 Å². The molecular weight excluding hydrogens is 296 g/mol. The molecule has 3 heterocycles. The van der Waals surface area contributed by atoms with Gasteiger partial charge in [-0.1, -0.05) is 34.1 Å². The van der Waals surface area contributed by atoms with Gasteiger partial charge in [-0.05, 0) is 6.42 Å². The van der Waals surface area contributed by atoms with Crippen molar-refractivity contribution in [1.82, 2.24) is 18.5 Å². The highest BCUT2D eigenvalue weighted by atomic mass is 16.4. The van der Waals surface area contributed by atoms with Gasteiger partial charge in [0.1, 0.15) is 5.76 Å². The summed E-state index contributed by atoms with van der Waals surface area (Å²) < 4.78 is 10.1. The molecule has 7 heteroatoms. The van der Waals surface area contributed by atoms with E-state index in [1.807, 2.05) is 27.7 Å². The van der Waals surface area contributed by atoms with Crippen LogP contribution in [-0.4, -0.2) is 18.5 Å². The predicted octanol–water partition coefficient (Wildman–Crippen LogP) is 2.04. The molecule has 0 saturated carbocycles. The fourth-order valence-corrected chi connectivity index (χ4v) is 2.61. The van der Waals surface area contributed by atoms with E-state index in [2.05, 4.69) is 4.98 Å². The maximum Gasteiger partial charge on any atom is 0.332 e. The average Bonchev–Trinajstić information content (AvgIpc) is 3.02. The minimum atomic E-state index is -0.340. The molecule has 0 aliphatic heterocycles. The Kier molecular flexibility index (Phi) is 3.46. The number of nitrogens with zero attached hydrogens (tertiary/aromatic N) is 4. The number of fused-ring (bicyclic) bond motifs is 3. The van der Waals surface area contributed by atoms with Crippen LogP contribution in [0, 0.1) is 0 Å². The molecule has 0 saturated heterocycles. The smallest absolute Gasteiger partial charge is 0.332 e. The van der Waals surface area contributed by atoms with Crippen LogP contribution in [0.2, 0.25) is 0 Å². The number of hydrogen-bond donors (Lipinski definition) is 0. The summed E-state index contributed by atoms with van der Waals surface area (Å²) in [4.78, 5) is 29.5. The maximum atomic E-state index is 12.8. The molecule has 23 heavy (non-hydrogen) atoms. The van der Waals surface area contributed by atoms with Gasteiger partial charge in [-0.15, -0.1) is 0 Å². The largest absolute Gasteiger partial charge is 0.428 e. The van der Waals surface area contributed by atoms with Crippen molar-refractivity contribution in [1.29, 1.82) is 0 Å². The Balaban J connectivity index is 2.37. The summed E-state index contributed by atoms with van der Waals surface area (Å²) in [5, 5.41) is 0. The van der Waals surface area contributed by atoms with E-state index in [1.54, 1.807) is 17.6 Å². The van der Waals surface area contributed by atoms with Crippen molar-refractivity contribution >= 4 is 17.0 Å². The van der Waals surface area contributed by atoms with Crippen LogP contribution in [-0.2, 0) is 19.0 Å². The first-order valence-electron chi connectivity index (χ1n) is 7.87. The number of unbranched alkanes of at least 4 members (excludes halogenated alkanes) is 1. The zero-order valence-electron chi connectivity index (χ0n) is 14.2. The van der Waals surface area contributed by atoms with Crippen LogP contribution in [0.3, 0.4) is 0 Å². The molecule has 124 valence electrons. The molecule has 3 rings (SSSR count). The fraction of sp³-hybridized carbons (Fsp3) is 0.562. The predicted molar refractivity (Wildman–Crippen MR) is 88.1 cm³/mol. The molecule has 0 atom stereocenters. The lowest BCUT2D eigenvalue weighted by Crippen LogP contribution is -2.39. The summed E-state index contributed by atoms with van der Waals surface area (Å²) in [6.45, 7) is 8.53. The molecule has 0 aromatic carbocycles. The van der Waals surface area contributed by atoms with Crippen molar-refractivity contribution in [3.05, 3.63) is 32.8 Å². The number of aromatic nitrogens is 4. The first-order chi connectivity index (χ1) is 10.8. The summed E-state index contributed by atoms with van der Waals surface area (Å²) in [7, 11) is 1.63. The molecule has 0 aliphatic carbocycles. The van der Waals surface area contributed by atoms with Gasteiger partial charge in [0, 0.05) is 19.0 Å². The maximum absolute atomic E-state index is 12.8. The molecule has 0 unspecified atom stereocenters.